The number of carboxylic acids is 1. The first-order chi connectivity index (χ1) is 10.2. The van der Waals surface area contributed by atoms with E-state index in [0.29, 0.717) is 24.9 Å². The van der Waals surface area contributed by atoms with E-state index in [9.17, 15) is 14.7 Å². The molecule has 1 aliphatic carbocycles. The van der Waals surface area contributed by atoms with Crippen LogP contribution in [-0.2, 0) is 4.79 Å². The zero-order valence-electron chi connectivity index (χ0n) is 12.7. The van der Waals surface area contributed by atoms with Gasteiger partial charge in [0.1, 0.15) is 0 Å². The SMILES string of the molecule is O=C(O)[C@H]1CCCN(C(=O)N2CCCC2C2CCCC2)C1. The van der Waals surface area contributed by atoms with E-state index in [4.69, 9.17) is 0 Å². The Morgan fingerprint density at radius 3 is 2.33 bits per heavy atom. The molecule has 1 unspecified atom stereocenters. The molecule has 0 aromatic heterocycles. The quantitative estimate of drug-likeness (QED) is 0.851. The standard InChI is InChI=1S/C16H26N2O3/c19-15(20)13-7-3-9-17(11-13)16(21)18-10-4-8-14(18)12-5-1-2-6-12/h12-14H,1-11H2,(H,19,20)/t13-,14?/m0/s1. The van der Waals surface area contributed by atoms with Gasteiger partial charge in [-0.15, -0.1) is 0 Å². The Bertz CT molecular complexity index is 406. The summed E-state index contributed by atoms with van der Waals surface area (Å²) in [6, 6.07) is 0.501. The lowest BCUT2D eigenvalue weighted by Gasteiger charge is -2.37. The van der Waals surface area contributed by atoms with Gasteiger partial charge >= 0.3 is 12.0 Å². The van der Waals surface area contributed by atoms with Crippen LogP contribution in [0, 0.1) is 11.8 Å². The summed E-state index contributed by atoms with van der Waals surface area (Å²) in [7, 11) is 0. The molecule has 2 saturated heterocycles. The maximum absolute atomic E-state index is 12.8. The second-order valence-corrected chi connectivity index (χ2v) is 6.85. The molecular formula is C16H26N2O3. The number of amides is 2. The number of carboxylic acid groups (broad SMARTS) is 1. The van der Waals surface area contributed by atoms with Crippen LogP contribution in [-0.4, -0.2) is 52.6 Å². The average molecular weight is 294 g/mol. The van der Waals surface area contributed by atoms with Crippen LogP contribution in [0.1, 0.15) is 51.4 Å². The first kappa shape index (κ1) is 14.7. The fourth-order valence-electron chi connectivity index (χ4n) is 4.40. The predicted octanol–water partition coefficient (Wildman–Crippen LogP) is 2.56. The summed E-state index contributed by atoms with van der Waals surface area (Å²) in [5.41, 5.74) is 0. The molecule has 118 valence electrons. The number of carbonyl (C=O) groups excluding carboxylic acids is 1. The number of piperidine rings is 1. The molecule has 0 aromatic rings. The average Bonchev–Trinajstić information content (AvgIpc) is 3.17. The van der Waals surface area contributed by atoms with Gasteiger partial charge < -0.3 is 14.9 Å². The maximum atomic E-state index is 12.8. The fourth-order valence-corrected chi connectivity index (χ4v) is 4.40. The smallest absolute Gasteiger partial charge is 0.320 e. The van der Waals surface area contributed by atoms with Gasteiger partial charge in [-0.05, 0) is 44.4 Å². The minimum atomic E-state index is -0.763. The summed E-state index contributed by atoms with van der Waals surface area (Å²) >= 11 is 0. The van der Waals surface area contributed by atoms with Crippen molar-refractivity contribution in [2.45, 2.75) is 57.4 Å². The lowest BCUT2D eigenvalue weighted by molar-refractivity contribution is -0.143. The Labute approximate surface area is 126 Å². The number of rotatable bonds is 2. The minimum Gasteiger partial charge on any atom is -0.481 e. The summed E-state index contributed by atoms with van der Waals surface area (Å²) in [5.74, 6) is -0.465. The predicted molar refractivity (Wildman–Crippen MR) is 79.0 cm³/mol. The minimum absolute atomic E-state index is 0.0929. The van der Waals surface area contributed by atoms with Gasteiger partial charge in [0.2, 0.25) is 0 Å². The Morgan fingerprint density at radius 1 is 0.905 bits per heavy atom. The van der Waals surface area contributed by atoms with Crippen LogP contribution in [0.3, 0.4) is 0 Å². The van der Waals surface area contributed by atoms with Crippen LogP contribution in [0.2, 0.25) is 0 Å². The maximum Gasteiger partial charge on any atom is 0.320 e. The van der Waals surface area contributed by atoms with Crippen LogP contribution < -0.4 is 0 Å². The van der Waals surface area contributed by atoms with Crippen molar-refractivity contribution in [1.29, 1.82) is 0 Å². The normalized spacial score (nSPS) is 30.9. The van der Waals surface area contributed by atoms with E-state index in [1.807, 2.05) is 0 Å². The molecule has 3 aliphatic rings. The van der Waals surface area contributed by atoms with Gasteiger partial charge in [-0.25, -0.2) is 4.79 Å². The van der Waals surface area contributed by atoms with Gasteiger partial charge in [0, 0.05) is 25.7 Å². The van der Waals surface area contributed by atoms with Crippen molar-refractivity contribution in [3.05, 3.63) is 0 Å². The fraction of sp³-hybridized carbons (Fsp3) is 0.875. The third-order valence-corrected chi connectivity index (χ3v) is 5.53. The lowest BCUT2D eigenvalue weighted by atomic mass is 9.96. The van der Waals surface area contributed by atoms with Crippen molar-refractivity contribution < 1.29 is 14.7 Å². The number of nitrogens with zero attached hydrogens (tertiary/aromatic N) is 2. The van der Waals surface area contributed by atoms with Gasteiger partial charge in [0.15, 0.2) is 0 Å². The zero-order valence-corrected chi connectivity index (χ0v) is 12.7. The summed E-state index contributed by atoms with van der Waals surface area (Å²) in [5, 5.41) is 9.18. The van der Waals surface area contributed by atoms with E-state index < -0.39 is 5.97 Å². The molecule has 2 amide bonds. The van der Waals surface area contributed by atoms with Crippen molar-refractivity contribution in [2.24, 2.45) is 11.8 Å². The number of likely N-dealkylation sites (tertiary alicyclic amines) is 2. The number of hydrogen-bond acceptors (Lipinski definition) is 2. The van der Waals surface area contributed by atoms with Crippen molar-refractivity contribution in [3.63, 3.8) is 0 Å². The highest BCUT2D eigenvalue weighted by Gasteiger charge is 2.39. The van der Waals surface area contributed by atoms with Gasteiger partial charge in [-0.1, -0.05) is 12.8 Å². The van der Waals surface area contributed by atoms with Crippen molar-refractivity contribution in [3.8, 4) is 0 Å². The topological polar surface area (TPSA) is 60.9 Å². The van der Waals surface area contributed by atoms with Crippen LogP contribution in [0.15, 0.2) is 0 Å². The highest BCUT2D eigenvalue weighted by atomic mass is 16.4. The first-order valence-corrected chi connectivity index (χ1v) is 8.45. The number of hydrogen-bond donors (Lipinski definition) is 1. The Morgan fingerprint density at radius 2 is 1.62 bits per heavy atom. The van der Waals surface area contributed by atoms with Crippen LogP contribution >= 0.6 is 0 Å². The first-order valence-electron chi connectivity index (χ1n) is 8.45. The highest BCUT2D eigenvalue weighted by Crippen LogP contribution is 2.36. The molecule has 1 saturated carbocycles. The summed E-state index contributed by atoms with van der Waals surface area (Å²) in [6.45, 7) is 1.97. The van der Waals surface area contributed by atoms with E-state index in [-0.39, 0.29) is 11.9 Å². The molecule has 1 N–H and O–H groups in total. The molecule has 2 aliphatic heterocycles. The molecule has 0 aromatic carbocycles. The second-order valence-electron chi connectivity index (χ2n) is 6.85. The third kappa shape index (κ3) is 3.01. The van der Waals surface area contributed by atoms with Crippen LogP contribution in [0.4, 0.5) is 4.79 Å². The molecule has 21 heavy (non-hydrogen) atoms. The van der Waals surface area contributed by atoms with Crippen molar-refractivity contribution >= 4 is 12.0 Å². The third-order valence-electron chi connectivity index (χ3n) is 5.53. The monoisotopic (exact) mass is 294 g/mol. The van der Waals surface area contributed by atoms with Crippen molar-refractivity contribution in [2.75, 3.05) is 19.6 Å². The van der Waals surface area contributed by atoms with E-state index in [0.717, 1.165) is 32.4 Å². The Kier molecular flexibility index (Phi) is 4.36. The molecule has 5 heteroatoms. The molecule has 2 atom stereocenters. The van der Waals surface area contributed by atoms with Crippen LogP contribution in [0.5, 0.6) is 0 Å². The molecule has 0 bridgehead atoms. The lowest BCUT2D eigenvalue weighted by Crippen LogP contribution is -2.51. The molecule has 0 spiro atoms. The van der Waals surface area contributed by atoms with E-state index >= 15 is 0 Å². The highest BCUT2D eigenvalue weighted by molar-refractivity contribution is 5.77. The van der Waals surface area contributed by atoms with E-state index in [1.165, 1.54) is 25.7 Å². The summed E-state index contributed by atoms with van der Waals surface area (Å²) in [4.78, 5) is 27.8. The number of carbonyl (C=O) groups is 2. The molecule has 5 nitrogen and oxygen atoms in total. The molecule has 0 radical (unpaired) electrons. The van der Waals surface area contributed by atoms with Gasteiger partial charge in [0.25, 0.3) is 0 Å². The van der Waals surface area contributed by atoms with Crippen molar-refractivity contribution in [1.82, 2.24) is 9.80 Å². The molecule has 3 rings (SSSR count). The zero-order chi connectivity index (χ0) is 14.8. The number of aliphatic carboxylic acids is 1. The summed E-state index contributed by atoms with van der Waals surface area (Å²) < 4.78 is 0. The largest absolute Gasteiger partial charge is 0.481 e. The van der Waals surface area contributed by atoms with Gasteiger partial charge in [-0.2, -0.15) is 0 Å². The summed E-state index contributed by atoms with van der Waals surface area (Å²) in [6.07, 6.45) is 8.85. The Hall–Kier alpha value is -1.26. The van der Waals surface area contributed by atoms with Crippen LogP contribution in [0.25, 0.3) is 0 Å². The van der Waals surface area contributed by atoms with E-state index in [2.05, 4.69) is 4.90 Å². The number of urea groups is 1. The molecule has 3 fully saturated rings. The molecule has 2 heterocycles. The Balaban J connectivity index is 1.64. The van der Waals surface area contributed by atoms with E-state index in [1.54, 1.807) is 4.90 Å². The molecular weight excluding hydrogens is 268 g/mol. The second kappa shape index (κ2) is 6.24. The van der Waals surface area contributed by atoms with Gasteiger partial charge in [0.05, 0.1) is 5.92 Å². The van der Waals surface area contributed by atoms with Gasteiger partial charge in [-0.3, -0.25) is 4.79 Å².